The fourth-order valence-electron chi connectivity index (χ4n) is 5.00. The van der Waals surface area contributed by atoms with Crippen molar-refractivity contribution in [3.63, 3.8) is 0 Å². The van der Waals surface area contributed by atoms with Gasteiger partial charge in [-0.05, 0) is 60.7 Å². The minimum absolute atomic E-state index is 0.0199. The minimum Gasteiger partial charge on any atom is -0.376 e. The first-order valence-electron chi connectivity index (χ1n) is 12.5. The van der Waals surface area contributed by atoms with Crippen molar-refractivity contribution in [3.05, 3.63) is 99.5 Å². The lowest BCUT2D eigenvalue weighted by Crippen LogP contribution is -2.43. The molecule has 1 aliphatic carbocycles. The maximum Gasteiger partial charge on any atom is 0.315 e. The van der Waals surface area contributed by atoms with Gasteiger partial charge in [-0.2, -0.15) is 0 Å². The van der Waals surface area contributed by atoms with Crippen LogP contribution in [0, 0.1) is 17.5 Å². The maximum atomic E-state index is 13.6. The Labute approximate surface area is 221 Å². The number of rotatable bonds is 8. The van der Waals surface area contributed by atoms with E-state index in [1.807, 2.05) is 0 Å². The molecule has 1 aliphatic heterocycles. The average molecular weight is 542 g/mol. The highest BCUT2D eigenvalue weighted by molar-refractivity contribution is 5.94. The number of carbonyl (C=O) groups excluding carboxylic acids is 2. The van der Waals surface area contributed by atoms with Crippen LogP contribution in [0.5, 0.6) is 0 Å². The second-order valence-corrected chi connectivity index (χ2v) is 9.64. The first-order valence-corrected chi connectivity index (χ1v) is 12.5. The first-order chi connectivity index (χ1) is 18.8. The van der Waals surface area contributed by atoms with Crippen molar-refractivity contribution in [2.45, 2.75) is 50.0 Å². The minimum atomic E-state index is -1.60. The Morgan fingerprint density at radius 2 is 1.87 bits per heavy atom. The van der Waals surface area contributed by atoms with E-state index in [0.29, 0.717) is 12.0 Å². The third-order valence-electron chi connectivity index (χ3n) is 6.99. The maximum absolute atomic E-state index is 13.6. The molecule has 4 atom stereocenters. The van der Waals surface area contributed by atoms with Crippen LogP contribution in [0.3, 0.4) is 0 Å². The SMILES string of the molecule is O=C1NC2CCC(OCC(NC(=O)c3cccn(Cc4cc(F)c(F)c(F)c4)c3=O)c3cccnc3)CC2N1. The van der Waals surface area contributed by atoms with E-state index in [0.717, 1.165) is 29.5 Å². The molecule has 12 heteroatoms. The van der Waals surface area contributed by atoms with Crippen molar-refractivity contribution in [1.29, 1.82) is 0 Å². The summed E-state index contributed by atoms with van der Waals surface area (Å²) in [7, 11) is 0. The van der Waals surface area contributed by atoms with Gasteiger partial charge in [0.15, 0.2) is 17.5 Å². The van der Waals surface area contributed by atoms with Gasteiger partial charge in [-0.3, -0.25) is 14.6 Å². The quantitative estimate of drug-likeness (QED) is 0.380. The van der Waals surface area contributed by atoms with E-state index in [1.165, 1.54) is 18.3 Å². The fourth-order valence-corrected chi connectivity index (χ4v) is 5.00. The van der Waals surface area contributed by atoms with Crippen molar-refractivity contribution >= 4 is 11.9 Å². The summed E-state index contributed by atoms with van der Waals surface area (Å²) in [4.78, 5) is 42.0. The second-order valence-electron chi connectivity index (χ2n) is 9.64. The topological polar surface area (TPSA) is 114 Å². The van der Waals surface area contributed by atoms with Crippen molar-refractivity contribution in [1.82, 2.24) is 25.5 Å². The van der Waals surface area contributed by atoms with Crippen LogP contribution >= 0.6 is 0 Å². The van der Waals surface area contributed by atoms with E-state index >= 15 is 0 Å². The molecule has 39 heavy (non-hydrogen) atoms. The van der Waals surface area contributed by atoms with E-state index < -0.39 is 35.0 Å². The predicted octanol–water partition coefficient (Wildman–Crippen LogP) is 2.80. The smallest absolute Gasteiger partial charge is 0.315 e. The largest absolute Gasteiger partial charge is 0.376 e. The summed E-state index contributed by atoms with van der Waals surface area (Å²) in [6, 6.07) is 7.14. The molecule has 9 nitrogen and oxygen atoms in total. The summed E-state index contributed by atoms with van der Waals surface area (Å²) in [6.45, 7) is -0.158. The summed E-state index contributed by atoms with van der Waals surface area (Å²) in [5.41, 5.74) is -0.177. The molecule has 5 rings (SSSR count). The summed E-state index contributed by atoms with van der Waals surface area (Å²) in [5.74, 6) is -5.00. The molecule has 1 saturated carbocycles. The molecule has 3 amide bonds. The standard InChI is InChI=1S/C27H26F3N5O4/c28-19-9-15(10-20(29)24(19)30)13-35-8-2-4-18(26(35)37)25(36)32-23(16-3-1-7-31-12-16)14-39-17-5-6-21-22(11-17)34-27(38)33-21/h1-4,7-10,12,17,21-23H,5-6,11,13-14H2,(H,32,36)(H2,33,34,38). The number of urea groups is 1. The Kier molecular flexibility index (Phi) is 7.64. The molecule has 2 aromatic heterocycles. The lowest BCUT2D eigenvalue weighted by atomic mass is 9.89. The zero-order chi connectivity index (χ0) is 27.5. The molecule has 3 heterocycles. The van der Waals surface area contributed by atoms with Crippen LogP contribution in [0.15, 0.2) is 59.8 Å². The number of nitrogens with one attached hydrogen (secondary N) is 3. The van der Waals surface area contributed by atoms with Crippen LogP contribution in [0.1, 0.15) is 46.8 Å². The molecule has 1 saturated heterocycles. The second kappa shape index (κ2) is 11.3. The van der Waals surface area contributed by atoms with Gasteiger partial charge in [-0.1, -0.05) is 6.07 Å². The molecular weight excluding hydrogens is 515 g/mol. The fraction of sp³-hybridized carbons (Fsp3) is 0.333. The first kappa shape index (κ1) is 26.4. The number of hydrogen-bond acceptors (Lipinski definition) is 5. The normalized spacial score (nSPS) is 21.0. The highest BCUT2D eigenvalue weighted by atomic mass is 19.2. The number of hydrogen-bond donors (Lipinski definition) is 3. The van der Waals surface area contributed by atoms with Gasteiger partial charge in [0.05, 0.1) is 37.4 Å². The van der Waals surface area contributed by atoms with Crippen molar-refractivity contribution in [3.8, 4) is 0 Å². The monoisotopic (exact) mass is 541 g/mol. The number of aromatic nitrogens is 2. The van der Waals surface area contributed by atoms with Gasteiger partial charge in [0, 0.05) is 18.6 Å². The van der Waals surface area contributed by atoms with Crippen molar-refractivity contribution in [2.75, 3.05) is 6.61 Å². The molecular formula is C27H26F3N5O4. The summed E-state index contributed by atoms with van der Waals surface area (Å²) in [5, 5.41) is 8.61. The lowest BCUT2D eigenvalue weighted by Gasteiger charge is -2.31. The Morgan fingerprint density at radius 3 is 2.62 bits per heavy atom. The number of amides is 3. The van der Waals surface area contributed by atoms with Gasteiger partial charge >= 0.3 is 6.03 Å². The predicted molar refractivity (Wildman–Crippen MR) is 133 cm³/mol. The van der Waals surface area contributed by atoms with Gasteiger partial charge in [0.1, 0.15) is 5.56 Å². The van der Waals surface area contributed by atoms with Crippen LogP contribution in [0.2, 0.25) is 0 Å². The van der Waals surface area contributed by atoms with Crippen LogP contribution in [-0.4, -0.2) is 46.3 Å². The molecule has 204 valence electrons. The molecule has 2 aliphatic rings. The molecule has 0 radical (unpaired) electrons. The molecule has 0 bridgehead atoms. The molecule has 4 unspecified atom stereocenters. The van der Waals surface area contributed by atoms with Crippen LogP contribution in [0.25, 0.3) is 0 Å². The van der Waals surface area contributed by atoms with Crippen LogP contribution in [0.4, 0.5) is 18.0 Å². The average Bonchev–Trinajstić information content (AvgIpc) is 3.30. The number of ether oxygens (including phenoxy) is 1. The van der Waals surface area contributed by atoms with Gasteiger partial charge in [-0.25, -0.2) is 18.0 Å². The van der Waals surface area contributed by atoms with Gasteiger partial charge in [0.25, 0.3) is 11.5 Å². The van der Waals surface area contributed by atoms with Crippen LogP contribution in [-0.2, 0) is 11.3 Å². The third-order valence-corrected chi connectivity index (χ3v) is 6.99. The zero-order valence-electron chi connectivity index (χ0n) is 20.7. The molecule has 0 spiro atoms. The Balaban J connectivity index is 1.30. The molecule has 3 N–H and O–H groups in total. The van der Waals surface area contributed by atoms with E-state index in [-0.39, 0.29) is 48.5 Å². The van der Waals surface area contributed by atoms with Gasteiger partial charge in [-0.15, -0.1) is 0 Å². The highest BCUT2D eigenvalue weighted by Gasteiger charge is 2.37. The number of carbonyl (C=O) groups is 2. The van der Waals surface area contributed by atoms with E-state index in [4.69, 9.17) is 4.74 Å². The van der Waals surface area contributed by atoms with E-state index in [9.17, 15) is 27.6 Å². The number of benzene rings is 1. The van der Waals surface area contributed by atoms with E-state index in [1.54, 1.807) is 24.5 Å². The number of pyridine rings is 2. The summed E-state index contributed by atoms with van der Waals surface area (Å²) in [6.07, 6.45) is 6.56. The van der Waals surface area contributed by atoms with E-state index in [2.05, 4.69) is 20.9 Å². The van der Waals surface area contributed by atoms with Gasteiger partial charge in [0.2, 0.25) is 0 Å². The zero-order valence-corrected chi connectivity index (χ0v) is 20.7. The summed E-state index contributed by atoms with van der Waals surface area (Å²) < 4.78 is 47.8. The molecule has 1 aromatic carbocycles. The number of fused-ring (bicyclic) bond motifs is 1. The number of nitrogens with zero attached hydrogens (tertiary/aromatic N) is 2. The molecule has 3 aromatic rings. The lowest BCUT2D eigenvalue weighted by molar-refractivity contribution is 0.00697. The molecule has 2 fully saturated rings. The Hall–Kier alpha value is -4.19. The Morgan fingerprint density at radius 1 is 1.10 bits per heavy atom. The number of halogens is 3. The Bertz CT molecular complexity index is 1410. The highest BCUT2D eigenvalue weighted by Crippen LogP contribution is 2.26. The van der Waals surface area contributed by atoms with Crippen LogP contribution < -0.4 is 21.5 Å². The summed E-state index contributed by atoms with van der Waals surface area (Å²) >= 11 is 0. The van der Waals surface area contributed by atoms with Gasteiger partial charge < -0.3 is 25.3 Å². The third kappa shape index (κ3) is 5.95. The van der Waals surface area contributed by atoms with Crippen molar-refractivity contribution < 1.29 is 27.5 Å². The van der Waals surface area contributed by atoms with Crippen molar-refractivity contribution in [2.24, 2.45) is 0 Å².